The van der Waals surface area contributed by atoms with Crippen molar-refractivity contribution in [2.24, 2.45) is 0 Å². The van der Waals surface area contributed by atoms with Gasteiger partial charge in [-0.25, -0.2) is 0 Å². The zero-order valence-electron chi connectivity index (χ0n) is 12.9. The van der Waals surface area contributed by atoms with Crippen LogP contribution < -0.4 is 4.90 Å². The lowest BCUT2D eigenvalue weighted by molar-refractivity contribution is -0.124. The van der Waals surface area contributed by atoms with Crippen LogP contribution in [-0.2, 0) is 10.2 Å². The molecule has 0 saturated carbocycles. The lowest BCUT2D eigenvalue weighted by atomic mass is 9.74. The Kier molecular flexibility index (Phi) is 3.13. The van der Waals surface area contributed by atoms with Crippen LogP contribution in [-0.4, -0.2) is 38.0 Å². The van der Waals surface area contributed by atoms with Gasteiger partial charge in [-0.2, -0.15) is 0 Å². The number of benzene rings is 1. The minimum atomic E-state index is -0.304. The Morgan fingerprint density at radius 3 is 2.65 bits per heavy atom. The van der Waals surface area contributed by atoms with E-state index in [2.05, 4.69) is 44.0 Å². The van der Waals surface area contributed by atoms with E-state index in [1.54, 1.807) is 0 Å². The molecule has 20 heavy (non-hydrogen) atoms. The SMILES string of the molecule is CC(C)c1ccc2c(c1)C1(CCCN(C)C1)C(=O)N2C. The molecule has 0 aliphatic carbocycles. The molecule has 108 valence electrons. The van der Waals surface area contributed by atoms with Crippen LogP contribution in [0.15, 0.2) is 18.2 Å². The Bertz CT molecular complexity index is 552. The average Bonchev–Trinajstić information content (AvgIpc) is 2.62. The molecule has 1 saturated heterocycles. The first kappa shape index (κ1) is 13.6. The summed E-state index contributed by atoms with van der Waals surface area (Å²) in [4.78, 5) is 17.0. The predicted octanol–water partition coefficient (Wildman–Crippen LogP) is 2.75. The van der Waals surface area contributed by atoms with Crippen LogP contribution in [0, 0.1) is 0 Å². The van der Waals surface area contributed by atoms with Crippen LogP contribution in [0.2, 0.25) is 0 Å². The van der Waals surface area contributed by atoms with E-state index in [4.69, 9.17) is 0 Å². The van der Waals surface area contributed by atoms with E-state index in [0.717, 1.165) is 31.6 Å². The summed E-state index contributed by atoms with van der Waals surface area (Å²) in [5.74, 6) is 0.777. The molecule has 3 nitrogen and oxygen atoms in total. The van der Waals surface area contributed by atoms with E-state index in [0.29, 0.717) is 5.92 Å². The highest BCUT2D eigenvalue weighted by molar-refractivity contribution is 6.08. The fourth-order valence-corrected chi connectivity index (χ4v) is 3.80. The Hall–Kier alpha value is -1.35. The zero-order chi connectivity index (χ0) is 14.5. The van der Waals surface area contributed by atoms with Gasteiger partial charge in [0.05, 0.1) is 5.41 Å². The van der Waals surface area contributed by atoms with E-state index in [1.165, 1.54) is 11.1 Å². The Labute approximate surface area is 121 Å². The van der Waals surface area contributed by atoms with Gasteiger partial charge in [-0.1, -0.05) is 26.0 Å². The third-order valence-electron chi connectivity index (χ3n) is 4.96. The van der Waals surface area contributed by atoms with Gasteiger partial charge in [0.25, 0.3) is 0 Å². The molecule has 0 N–H and O–H groups in total. The largest absolute Gasteiger partial charge is 0.314 e. The summed E-state index contributed by atoms with van der Waals surface area (Å²) in [7, 11) is 4.04. The molecule has 1 spiro atoms. The molecule has 1 atom stereocenters. The first-order valence-corrected chi connectivity index (χ1v) is 7.57. The maximum absolute atomic E-state index is 12.9. The number of likely N-dealkylation sites (N-methyl/N-ethyl adjacent to an activating group) is 2. The highest BCUT2D eigenvalue weighted by Crippen LogP contribution is 2.46. The molecule has 3 rings (SSSR count). The van der Waals surface area contributed by atoms with Crippen molar-refractivity contribution < 1.29 is 4.79 Å². The van der Waals surface area contributed by atoms with Gasteiger partial charge in [-0.15, -0.1) is 0 Å². The number of hydrogen-bond acceptors (Lipinski definition) is 2. The van der Waals surface area contributed by atoms with Crippen LogP contribution in [0.5, 0.6) is 0 Å². The summed E-state index contributed by atoms with van der Waals surface area (Å²) in [6, 6.07) is 6.57. The maximum Gasteiger partial charge on any atom is 0.238 e. The fraction of sp³-hybridized carbons (Fsp3) is 0.588. The summed E-state index contributed by atoms with van der Waals surface area (Å²) in [6.07, 6.45) is 2.08. The Morgan fingerprint density at radius 1 is 1.25 bits per heavy atom. The van der Waals surface area contributed by atoms with Gasteiger partial charge in [0, 0.05) is 19.3 Å². The summed E-state index contributed by atoms with van der Waals surface area (Å²) < 4.78 is 0. The summed E-state index contributed by atoms with van der Waals surface area (Å²) in [6.45, 7) is 6.37. The van der Waals surface area contributed by atoms with E-state index in [9.17, 15) is 4.79 Å². The smallest absolute Gasteiger partial charge is 0.238 e. The molecule has 3 heteroatoms. The van der Waals surface area contributed by atoms with Gasteiger partial charge in [0.1, 0.15) is 0 Å². The maximum atomic E-state index is 12.9. The van der Waals surface area contributed by atoms with Crippen LogP contribution in [0.3, 0.4) is 0 Å². The average molecular weight is 272 g/mol. The summed E-state index contributed by atoms with van der Waals surface area (Å²) in [5.41, 5.74) is 3.39. The fourth-order valence-electron chi connectivity index (χ4n) is 3.80. The molecule has 1 amide bonds. The highest BCUT2D eigenvalue weighted by Gasteiger charge is 2.51. The van der Waals surface area contributed by atoms with Crippen molar-refractivity contribution in [3.63, 3.8) is 0 Å². The molecule has 2 heterocycles. The van der Waals surface area contributed by atoms with Gasteiger partial charge in [-0.05, 0) is 49.5 Å². The molecular weight excluding hydrogens is 248 g/mol. The molecule has 1 aromatic rings. The summed E-state index contributed by atoms with van der Waals surface area (Å²) in [5, 5.41) is 0. The van der Waals surface area contributed by atoms with Crippen LogP contribution in [0.4, 0.5) is 5.69 Å². The minimum Gasteiger partial charge on any atom is -0.314 e. The van der Waals surface area contributed by atoms with E-state index >= 15 is 0 Å². The minimum absolute atomic E-state index is 0.278. The monoisotopic (exact) mass is 272 g/mol. The molecule has 0 radical (unpaired) electrons. The van der Waals surface area contributed by atoms with E-state index in [-0.39, 0.29) is 11.3 Å². The molecule has 1 aromatic carbocycles. The van der Waals surface area contributed by atoms with E-state index in [1.807, 2.05) is 11.9 Å². The zero-order valence-corrected chi connectivity index (χ0v) is 12.9. The van der Waals surface area contributed by atoms with Crippen LogP contribution in [0.25, 0.3) is 0 Å². The first-order valence-electron chi connectivity index (χ1n) is 7.57. The number of fused-ring (bicyclic) bond motifs is 2. The van der Waals surface area contributed by atoms with Crippen molar-refractivity contribution in [3.8, 4) is 0 Å². The molecule has 2 aliphatic rings. The van der Waals surface area contributed by atoms with Gasteiger partial charge in [0.15, 0.2) is 0 Å². The number of nitrogens with zero attached hydrogens (tertiary/aromatic N) is 2. The van der Waals surface area contributed by atoms with Crippen molar-refractivity contribution in [2.45, 2.75) is 38.0 Å². The normalized spacial score (nSPS) is 26.6. The molecular formula is C17H24N2O. The third-order valence-corrected chi connectivity index (χ3v) is 4.96. The first-order chi connectivity index (χ1) is 9.45. The van der Waals surface area contributed by atoms with Crippen LogP contribution >= 0.6 is 0 Å². The van der Waals surface area contributed by atoms with Crippen molar-refractivity contribution in [3.05, 3.63) is 29.3 Å². The lowest BCUT2D eigenvalue weighted by Gasteiger charge is -2.37. The van der Waals surface area contributed by atoms with Crippen molar-refractivity contribution >= 4 is 11.6 Å². The topological polar surface area (TPSA) is 23.6 Å². The number of carbonyl (C=O) groups excluding carboxylic acids is 1. The Morgan fingerprint density at radius 2 is 2.00 bits per heavy atom. The Balaban J connectivity index is 2.14. The summed E-state index contributed by atoms with van der Waals surface area (Å²) >= 11 is 0. The van der Waals surface area contributed by atoms with Crippen LogP contribution in [0.1, 0.15) is 43.7 Å². The van der Waals surface area contributed by atoms with Gasteiger partial charge in [0.2, 0.25) is 5.91 Å². The molecule has 0 aromatic heterocycles. The van der Waals surface area contributed by atoms with Gasteiger partial charge in [-0.3, -0.25) is 4.79 Å². The number of likely N-dealkylation sites (tertiary alicyclic amines) is 1. The second kappa shape index (κ2) is 4.59. The second-order valence-corrected chi connectivity index (χ2v) is 6.72. The van der Waals surface area contributed by atoms with Crippen molar-refractivity contribution in [1.29, 1.82) is 0 Å². The second-order valence-electron chi connectivity index (χ2n) is 6.72. The third kappa shape index (κ3) is 1.80. The predicted molar refractivity (Wildman–Crippen MR) is 82.4 cm³/mol. The number of amides is 1. The number of carbonyl (C=O) groups is 1. The lowest BCUT2D eigenvalue weighted by Crippen LogP contribution is -2.50. The number of piperidine rings is 1. The van der Waals surface area contributed by atoms with Gasteiger partial charge < -0.3 is 9.80 Å². The van der Waals surface area contributed by atoms with Gasteiger partial charge >= 0.3 is 0 Å². The molecule has 1 fully saturated rings. The standard InChI is InChI=1S/C17H24N2O/c1-12(2)13-6-7-15-14(10-13)17(16(20)19(15)4)8-5-9-18(3)11-17/h6-7,10,12H,5,8-9,11H2,1-4H3. The number of rotatable bonds is 1. The molecule has 1 unspecified atom stereocenters. The number of anilines is 1. The van der Waals surface area contributed by atoms with E-state index < -0.39 is 0 Å². The highest BCUT2D eigenvalue weighted by atomic mass is 16.2. The quantitative estimate of drug-likeness (QED) is 0.785. The molecule has 0 bridgehead atoms. The molecule has 2 aliphatic heterocycles. The van der Waals surface area contributed by atoms with Crippen molar-refractivity contribution in [1.82, 2.24) is 4.90 Å². The van der Waals surface area contributed by atoms with Crippen molar-refractivity contribution in [2.75, 3.05) is 32.1 Å². The number of hydrogen-bond donors (Lipinski definition) is 0.